The van der Waals surface area contributed by atoms with Crippen LogP contribution in [0.5, 0.6) is 0 Å². The third kappa shape index (κ3) is 10.1. The summed E-state index contributed by atoms with van der Waals surface area (Å²) < 4.78 is 91.4. The predicted octanol–water partition coefficient (Wildman–Crippen LogP) is 22.4. The first-order chi connectivity index (χ1) is 40.2. The minimum absolute atomic E-state index is 0.0764. The quantitative estimate of drug-likeness (QED) is 0.120. The third-order valence-electron chi connectivity index (χ3n) is 15.9. The first kappa shape index (κ1) is 52.4. The van der Waals surface area contributed by atoms with Crippen LogP contribution in [0.3, 0.4) is 0 Å². The molecule has 0 spiro atoms. The van der Waals surface area contributed by atoms with Crippen molar-refractivity contribution in [3.8, 4) is 106 Å². The first-order valence-corrected chi connectivity index (χ1v) is 27.4. The van der Waals surface area contributed by atoms with E-state index in [1.165, 1.54) is 24.3 Å². The number of para-hydroxylation sites is 1. The molecule has 402 valence electrons. The zero-order valence-electron chi connectivity index (χ0n) is 45.2. The van der Waals surface area contributed by atoms with Crippen molar-refractivity contribution in [1.82, 2.24) is 4.57 Å². The van der Waals surface area contributed by atoms with Gasteiger partial charge in [0.05, 0.1) is 27.8 Å². The van der Waals surface area contributed by atoms with E-state index >= 15 is 0 Å². The van der Waals surface area contributed by atoms with Crippen molar-refractivity contribution in [2.45, 2.75) is 26.2 Å². The molecule has 0 aliphatic carbocycles. The van der Waals surface area contributed by atoms with E-state index in [2.05, 4.69) is 83.4 Å². The number of hydrogen-bond donors (Lipinski definition) is 0. The highest BCUT2D eigenvalue weighted by molar-refractivity contribution is 6.12. The molecule has 0 radical (unpaired) electrons. The second-order valence-electron chi connectivity index (χ2n) is 21.2. The van der Waals surface area contributed by atoms with Gasteiger partial charge in [-0.25, -0.2) is 0 Å². The maximum atomic E-state index is 14.8. The van der Waals surface area contributed by atoms with Gasteiger partial charge in [-0.1, -0.05) is 176 Å². The molecule has 1 aromatic heterocycles. The standard InChI is InChI=1S/C76H51F6N/c1-48-19-9-11-25-63(48)58-40-56(42-60(44-58)65-27-13-16-30-70(65)75(77,78)79)52-33-35-73-68(46-52)69-47-53(57-41-59(64-26-12-10-20-49(64)2)45-61(43-57)66-28-14-17-31-71(66)76(80,81)82)34-36-74(69)83(73)72-32-18-15-29-67(72)62-38-54(50-21-5-3-6-22-50)37-55(39-62)51-23-7-4-8-24-51/h3-47H,1-2H3. The van der Waals surface area contributed by atoms with Gasteiger partial charge in [-0.05, 0) is 217 Å². The number of halogens is 6. The monoisotopic (exact) mass is 1090 g/mol. The molecule has 0 fully saturated rings. The molecule has 1 heterocycles. The van der Waals surface area contributed by atoms with Gasteiger partial charge in [0.2, 0.25) is 0 Å². The second-order valence-corrected chi connectivity index (χ2v) is 21.2. The van der Waals surface area contributed by atoms with E-state index in [0.717, 1.165) is 129 Å². The minimum atomic E-state index is -4.60. The van der Waals surface area contributed by atoms with Gasteiger partial charge in [0.25, 0.3) is 0 Å². The van der Waals surface area contributed by atoms with Gasteiger partial charge < -0.3 is 4.57 Å². The summed E-state index contributed by atoms with van der Waals surface area (Å²) in [6.07, 6.45) is -9.20. The highest BCUT2D eigenvalue weighted by atomic mass is 19.4. The van der Waals surface area contributed by atoms with Gasteiger partial charge in [0, 0.05) is 16.3 Å². The minimum Gasteiger partial charge on any atom is -0.309 e. The molecule has 13 rings (SSSR count). The van der Waals surface area contributed by atoms with Crippen molar-refractivity contribution in [3.05, 3.63) is 295 Å². The van der Waals surface area contributed by atoms with Gasteiger partial charge in [0.1, 0.15) is 0 Å². The SMILES string of the molecule is Cc1ccccc1-c1cc(-c2ccc3c(c2)c2cc(-c4cc(-c5ccccc5C)cc(-c5ccccc5C(F)(F)F)c4)ccc2n3-c2ccccc2-c2cc(-c3ccccc3)cc(-c3ccccc3)c2)cc(-c2ccccc2C(F)(F)F)c1. The first-order valence-electron chi connectivity index (χ1n) is 27.4. The molecule has 0 unspecified atom stereocenters. The topological polar surface area (TPSA) is 4.93 Å². The van der Waals surface area contributed by atoms with Gasteiger partial charge in [-0.2, -0.15) is 26.3 Å². The Labute approximate surface area is 477 Å². The van der Waals surface area contributed by atoms with E-state index in [1.54, 1.807) is 12.1 Å². The highest BCUT2D eigenvalue weighted by Gasteiger charge is 2.35. The average Bonchev–Trinajstić information content (AvgIpc) is 3.87. The normalized spacial score (nSPS) is 11.9. The molecule has 83 heavy (non-hydrogen) atoms. The summed E-state index contributed by atoms with van der Waals surface area (Å²) in [6, 6.07) is 86.8. The Morgan fingerprint density at radius 2 is 0.542 bits per heavy atom. The molecule has 0 aliphatic rings. The molecule has 0 amide bonds. The zero-order valence-corrected chi connectivity index (χ0v) is 45.2. The van der Waals surface area contributed by atoms with Crippen LogP contribution in [0.15, 0.2) is 273 Å². The van der Waals surface area contributed by atoms with E-state index in [-0.39, 0.29) is 11.1 Å². The molecular formula is C76H51F6N. The van der Waals surface area contributed by atoms with Gasteiger partial charge in [-0.3, -0.25) is 0 Å². The van der Waals surface area contributed by atoms with Gasteiger partial charge in [-0.15, -0.1) is 0 Å². The maximum Gasteiger partial charge on any atom is 0.417 e. The molecule has 0 aliphatic heterocycles. The highest BCUT2D eigenvalue weighted by Crippen LogP contribution is 2.46. The Bertz CT molecular complexity index is 4340. The summed E-state index contributed by atoms with van der Waals surface area (Å²) in [5.74, 6) is 0. The number of aryl methyl sites for hydroxylation is 2. The van der Waals surface area contributed by atoms with Crippen LogP contribution in [0.4, 0.5) is 26.3 Å². The lowest BCUT2D eigenvalue weighted by Crippen LogP contribution is -2.07. The molecule has 0 atom stereocenters. The zero-order chi connectivity index (χ0) is 57.0. The smallest absolute Gasteiger partial charge is 0.309 e. The lowest BCUT2D eigenvalue weighted by molar-refractivity contribution is -0.137. The van der Waals surface area contributed by atoms with Gasteiger partial charge in [0.15, 0.2) is 0 Å². The summed E-state index contributed by atoms with van der Waals surface area (Å²) in [5.41, 5.74) is 16.8. The Hall–Kier alpha value is -9.98. The number of benzene rings is 12. The van der Waals surface area contributed by atoms with E-state index < -0.39 is 23.5 Å². The molecule has 0 bridgehead atoms. The lowest BCUT2D eigenvalue weighted by atomic mass is 9.89. The molecule has 0 N–H and O–H groups in total. The fraction of sp³-hybridized carbons (Fsp3) is 0.0526. The van der Waals surface area contributed by atoms with E-state index in [4.69, 9.17) is 0 Å². The van der Waals surface area contributed by atoms with Crippen LogP contribution < -0.4 is 0 Å². The molecule has 0 saturated carbocycles. The molecule has 0 saturated heterocycles. The Morgan fingerprint density at radius 1 is 0.241 bits per heavy atom. The number of aromatic nitrogens is 1. The summed E-state index contributed by atoms with van der Waals surface area (Å²) >= 11 is 0. The fourth-order valence-corrected chi connectivity index (χ4v) is 11.9. The fourth-order valence-electron chi connectivity index (χ4n) is 11.9. The molecular weight excluding hydrogens is 1040 g/mol. The van der Waals surface area contributed by atoms with Crippen molar-refractivity contribution in [2.75, 3.05) is 0 Å². The van der Waals surface area contributed by atoms with Crippen LogP contribution in [-0.2, 0) is 12.4 Å². The van der Waals surface area contributed by atoms with Crippen molar-refractivity contribution in [3.63, 3.8) is 0 Å². The third-order valence-corrected chi connectivity index (χ3v) is 15.9. The number of rotatable bonds is 10. The van der Waals surface area contributed by atoms with Crippen molar-refractivity contribution >= 4 is 21.8 Å². The molecule has 13 aromatic rings. The summed E-state index contributed by atoms with van der Waals surface area (Å²) in [5, 5.41) is 1.74. The lowest BCUT2D eigenvalue weighted by Gasteiger charge is -2.17. The van der Waals surface area contributed by atoms with Crippen molar-refractivity contribution in [1.29, 1.82) is 0 Å². The summed E-state index contributed by atoms with van der Waals surface area (Å²) in [4.78, 5) is 0. The number of fused-ring (bicyclic) bond motifs is 3. The Balaban J connectivity index is 1.08. The van der Waals surface area contributed by atoms with E-state index in [1.807, 2.05) is 159 Å². The van der Waals surface area contributed by atoms with Crippen molar-refractivity contribution < 1.29 is 26.3 Å². The Morgan fingerprint density at radius 3 is 0.952 bits per heavy atom. The molecule has 1 nitrogen and oxygen atoms in total. The molecule has 12 aromatic carbocycles. The predicted molar refractivity (Wildman–Crippen MR) is 329 cm³/mol. The van der Waals surface area contributed by atoms with Gasteiger partial charge >= 0.3 is 12.4 Å². The van der Waals surface area contributed by atoms with E-state index in [0.29, 0.717) is 11.1 Å². The summed E-state index contributed by atoms with van der Waals surface area (Å²) in [6.45, 7) is 3.99. The van der Waals surface area contributed by atoms with Crippen LogP contribution in [-0.4, -0.2) is 4.57 Å². The van der Waals surface area contributed by atoms with E-state index in [9.17, 15) is 26.3 Å². The maximum absolute atomic E-state index is 14.8. The molecule has 7 heteroatoms. The number of alkyl halides is 6. The average molecular weight is 1090 g/mol. The Kier molecular flexibility index (Phi) is 13.4. The summed E-state index contributed by atoms with van der Waals surface area (Å²) in [7, 11) is 0. The van der Waals surface area contributed by atoms with Crippen molar-refractivity contribution in [2.24, 2.45) is 0 Å². The van der Waals surface area contributed by atoms with Crippen LogP contribution >= 0.6 is 0 Å². The van der Waals surface area contributed by atoms with Crippen LogP contribution in [0.2, 0.25) is 0 Å². The number of nitrogens with zero attached hydrogens (tertiary/aromatic N) is 1. The second kappa shape index (κ2) is 21.2. The number of hydrogen-bond acceptors (Lipinski definition) is 0. The largest absolute Gasteiger partial charge is 0.417 e. The van der Waals surface area contributed by atoms with Crippen LogP contribution in [0.25, 0.3) is 128 Å². The van der Waals surface area contributed by atoms with Crippen LogP contribution in [0, 0.1) is 13.8 Å². The van der Waals surface area contributed by atoms with Crippen LogP contribution in [0.1, 0.15) is 22.3 Å².